The SMILES string of the molecule is CCSc1nnc(NC(=O)CCc2csc3nc(C4CC4)cn23)s1. The molecule has 1 fully saturated rings. The Hall–Kier alpha value is -1.45. The summed E-state index contributed by atoms with van der Waals surface area (Å²) in [7, 11) is 0. The van der Waals surface area contributed by atoms with E-state index in [1.807, 2.05) is 0 Å². The van der Waals surface area contributed by atoms with Crippen LogP contribution in [0.4, 0.5) is 5.13 Å². The molecule has 0 unspecified atom stereocenters. The highest BCUT2D eigenvalue weighted by molar-refractivity contribution is 8.01. The maximum absolute atomic E-state index is 12.1. The molecule has 1 saturated carbocycles. The van der Waals surface area contributed by atoms with E-state index in [-0.39, 0.29) is 5.91 Å². The molecule has 3 aromatic heterocycles. The number of thiazole rings is 1. The molecule has 0 aromatic carbocycles. The van der Waals surface area contributed by atoms with Gasteiger partial charge in [-0.05, 0) is 25.0 Å². The Morgan fingerprint density at radius 1 is 1.46 bits per heavy atom. The number of aryl methyl sites for hydroxylation is 1. The van der Waals surface area contributed by atoms with Gasteiger partial charge in [-0.25, -0.2) is 4.98 Å². The molecule has 0 spiro atoms. The van der Waals surface area contributed by atoms with E-state index in [0.717, 1.165) is 20.7 Å². The zero-order valence-corrected chi connectivity index (χ0v) is 15.6. The molecule has 0 bridgehead atoms. The second-order valence-corrected chi connectivity index (χ2v) is 9.00. The van der Waals surface area contributed by atoms with Crippen molar-refractivity contribution in [2.45, 2.75) is 42.9 Å². The van der Waals surface area contributed by atoms with Crippen LogP contribution in [0.1, 0.15) is 43.5 Å². The van der Waals surface area contributed by atoms with Gasteiger partial charge in [0.1, 0.15) is 0 Å². The van der Waals surface area contributed by atoms with Crippen molar-refractivity contribution >= 4 is 50.4 Å². The van der Waals surface area contributed by atoms with Crippen LogP contribution in [0.5, 0.6) is 0 Å². The van der Waals surface area contributed by atoms with E-state index in [2.05, 4.69) is 43.4 Å². The van der Waals surface area contributed by atoms with Crippen LogP contribution >= 0.6 is 34.4 Å². The lowest BCUT2D eigenvalue weighted by molar-refractivity contribution is -0.116. The molecule has 1 aliphatic carbocycles. The molecular weight excluding hydrogens is 362 g/mol. The Labute approximate surface area is 151 Å². The average Bonchev–Trinajstić information content (AvgIpc) is 3.00. The van der Waals surface area contributed by atoms with E-state index in [9.17, 15) is 4.79 Å². The van der Waals surface area contributed by atoms with E-state index in [1.165, 1.54) is 29.9 Å². The van der Waals surface area contributed by atoms with Crippen molar-refractivity contribution in [1.82, 2.24) is 19.6 Å². The van der Waals surface area contributed by atoms with E-state index < -0.39 is 0 Å². The zero-order valence-electron chi connectivity index (χ0n) is 13.2. The highest BCUT2D eigenvalue weighted by atomic mass is 32.2. The summed E-state index contributed by atoms with van der Waals surface area (Å²) in [6.07, 6.45) is 5.77. The van der Waals surface area contributed by atoms with Crippen LogP contribution < -0.4 is 5.32 Å². The van der Waals surface area contributed by atoms with Crippen LogP contribution in [-0.2, 0) is 11.2 Å². The van der Waals surface area contributed by atoms with E-state index in [0.29, 0.717) is 23.9 Å². The Bertz CT molecular complexity index is 864. The molecule has 0 radical (unpaired) electrons. The fourth-order valence-corrected chi connectivity index (χ4v) is 5.05. The lowest BCUT2D eigenvalue weighted by Crippen LogP contribution is -2.12. The highest BCUT2D eigenvalue weighted by Crippen LogP contribution is 2.40. The van der Waals surface area contributed by atoms with Crippen molar-refractivity contribution in [2.75, 3.05) is 11.1 Å². The standard InChI is InChI=1S/C15H17N5OS3/c1-2-22-15-19-18-13(24-15)17-12(21)6-5-10-8-23-14-16-11(7-20(10)14)9-3-4-9/h7-9H,2-6H2,1H3,(H,17,18,21). The van der Waals surface area contributed by atoms with Crippen LogP contribution in [0.2, 0.25) is 0 Å². The topological polar surface area (TPSA) is 72.2 Å². The predicted octanol–water partition coefficient (Wildman–Crippen LogP) is 3.81. The van der Waals surface area contributed by atoms with Gasteiger partial charge in [0.15, 0.2) is 9.30 Å². The largest absolute Gasteiger partial charge is 0.300 e. The third-order valence-electron chi connectivity index (χ3n) is 3.83. The Kier molecular flexibility index (Phi) is 4.55. The van der Waals surface area contributed by atoms with Gasteiger partial charge < -0.3 is 5.32 Å². The monoisotopic (exact) mass is 379 g/mol. The number of fused-ring (bicyclic) bond motifs is 1. The minimum atomic E-state index is -0.0268. The summed E-state index contributed by atoms with van der Waals surface area (Å²) in [5, 5.41) is 13.5. The van der Waals surface area contributed by atoms with Crippen LogP contribution in [-0.4, -0.2) is 31.2 Å². The first-order chi connectivity index (χ1) is 11.7. The summed E-state index contributed by atoms with van der Waals surface area (Å²) >= 11 is 4.69. The molecule has 0 saturated heterocycles. The van der Waals surface area contributed by atoms with Crippen LogP contribution in [0.25, 0.3) is 4.96 Å². The van der Waals surface area contributed by atoms with Crippen LogP contribution in [0, 0.1) is 0 Å². The maximum atomic E-state index is 12.1. The van der Waals surface area contributed by atoms with Crippen molar-refractivity contribution in [1.29, 1.82) is 0 Å². The number of amides is 1. The highest BCUT2D eigenvalue weighted by Gasteiger charge is 2.26. The summed E-state index contributed by atoms with van der Waals surface area (Å²) in [5.41, 5.74) is 2.34. The lowest BCUT2D eigenvalue weighted by Gasteiger charge is -2.01. The van der Waals surface area contributed by atoms with Gasteiger partial charge in [-0.1, -0.05) is 30.0 Å². The number of carbonyl (C=O) groups is 1. The van der Waals surface area contributed by atoms with Crippen molar-refractivity contribution in [3.63, 3.8) is 0 Å². The molecule has 1 N–H and O–H groups in total. The first-order valence-electron chi connectivity index (χ1n) is 7.94. The molecular formula is C15H17N5OS3. The predicted molar refractivity (Wildman–Crippen MR) is 98.3 cm³/mol. The molecule has 126 valence electrons. The molecule has 0 atom stereocenters. The van der Waals surface area contributed by atoms with Crippen LogP contribution in [0.3, 0.4) is 0 Å². The number of hydrogen-bond donors (Lipinski definition) is 1. The third-order valence-corrected chi connectivity index (χ3v) is 6.57. The van der Waals surface area contributed by atoms with Gasteiger partial charge in [0.25, 0.3) is 0 Å². The quantitative estimate of drug-likeness (QED) is 0.499. The first-order valence-corrected chi connectivity index (χ1v) is 10.6. The average molecular weight is 380 g/mol. The second-order valence-electron chi connectivity index (χ2n) is 5.67. The molecule has 1 amide bonds. The fourth-order valence-electron chi connectivity index (χ4n) is 2.47. The smallest absolute Gasteiger partial charge is 0.226 e. The number of anilines is 1. The Morgan fingerprint density at radius 3 is 3.12 bits per heavy atom. The van der Waals surface area contributed by atoms with Gasteiger partial charge in [0.05, 0.1) is 5.69 Å². The minimum absolute atomic E-state index is 0.0268. The fraction of sp³-hybridized carbons (Fsp3) is 0.467. The molecule has 3 aromatic rings. The lowest BCUT2D eigenvalue weighted by atomic mass is 10.2. The summed E-state index contributed by atoms with van der Waals surface area (Å²) < 4.78 is 3.02. The number of imidazole rings is 1. The van der Waals surface area contributed by atoms with Gasteiger partial charge in [-0.2, -0.15) is 0 Å². The molecule has 9 heteroatoms. The van der Waals surface area contributed by atoms with Gasteiger partial charge >= 0.3 is 0 Å². The molecule has 6 nitrogen and oxygen atoms in total. The first kappa shape index (κ1) is 16.0. The number of carbonyl (C=O) groups excluding carboxylic acids is 1. The third kappa shape index (κ3) is 3.47. The Balaban J connectivity index is 1.36. The maximum Gasteiger partial charge on any atom is 0.226 e. The summed E-state index contributed by atoms with van der Waals surface area (Å²) in [6, 6.07) is 0. The summed E-state index contributed by atoms with van der Waals surface area (Å²) in [5.74, 6) is 1.58. The second kappa shape index (κ2) is 6.81. The molecule has 0 aliphatic heterocycles. The van der Waals surface area contributed by atoms with Gasteiger partial charge in [-0.3, -0.25) is 9.20 Å². The number of rotatable bonds is 7. The van der Waals surface area contributed by atoms with E-state index in [4.69, 9.17) is 0 Å². The number of nitrogens with zero attached hydrogens (tertiary/aromatic N) is 4. The normalized spacial score (nSPS) is 14.4. The minimum Gasteiger partial charge on any atom is -0.300 e. The summed E-state index contributed by atoms with van der Waals surface area (Å²) in [6.45, 7) is 2.07. The molecule has 1 aliphatic rings. The number of nitrogens with one attached hydrogen (secondary N) is 1. The van der Waals surface area contributed by atoms with Crippen LogP contribution in [0.15, 0.2) is 15.9 Å². The molecule has 24 heavy (non-hydrogen) atoms. The van der Waals surface area contributed by atoms with E-state index >= 15 is 0 Å². The number of aromatic nitrogens is 4. The summed E-state index contributed by atoms with van der Waals surface area (Å²) in [4.78, 5) is 17.8. The van der Waals surface area contributed by atoms with Gasteiger partial charge in [-0.15, -0.1) is 21.5 Å². The zero-order chi connectivity index (χ0) is 16.5. The van der Waals surface area contributed by atoms with Crippen molar-refractivity contribution in [2.24, 2.45) is 0 Å². The van der Waals surface area contributed by atoms with E-state index in [1.54, 1.807) is 23.1 Å². The number of hydrogen-bond acceptors (Lipinski definition) is 7. The Morgan fingerprint density at radius 2 is 2.33 bits per heavy atom. The molecule has 3 heterocycles. The number of thioether (sulfide) groups is 1. The van der Waals surface area contributed by atoms with Crippen molar-refractivity contribution in [3.8, 4) is 0 Å². The van der Waals surface area contributed by atoms with Crippen molar-refractivity contribution in [3.05, 3.63) is 23.0 Å². The van der Waals surface area contributed by atoms with Gasteiger partial charge in [0, 0.05) is 29.6 Å². The van der Waals surface area contributed by atoms with Gasteiger partial charge in [0.2, 0.25) is 11.0 Å². The van der Waals surface area contributed by atoms with Crippen molar-refractivity contribution < 1.29 is 4.79 Å². The molecule has 4 rings (SSSR count).